The molecule has 2 heterocycles. The Balaban J connectivity index is 1.74. The fraction of sp³-hybridized carbons (Fsp3) is 0.296. The number of nitrogens with zero attached hydrogens (tertiary/aromatic N) is 1. The zero-order chi connectivity index (χ0) is 25.1. The maximum Gasteiger partial charge on any atom is 0.339 e. The Morgan fingerprint density at radius 3 is 2.43 bits per heavy atom. The first kappa shape index (κ1) is 24.5. The molecule has 1 aromatic heterocycles. The highest BCUT2D eigenvalue weighted by Gasteiger charge is 2.35. The van der Waals surface area contributed by atoms with Gasteiger partial charge in [0.15, 0.2) is 0 Å². The Hall–Kier alpha value is -3.65. The number of ether oxygens (including phenoxy) is 2. The summed E-state index contributed by atoms with van der Waals surface area (Å²) < 4.78 is 9.68. The van der Waals surface area contributed by atoms with Gasteiger partial charge in [-0.2, -0.15) is 0 Å². The van der Waals surface area contributed by atoms with E-state index in [0.29, 0.717) is 6.54 Å². The van der Waals surface area contributed by atoms with Crippen molar-refractivity contribution in [3.05, 3.63) is 86.1 Å². The van der Waals surface area contributed by atoms with Crippen LogP contribution in [0.15, 0.2) is 48.5 Å². The maximum absolute atomic E-state index is 13.7. The van der Waals surface area contributed by atoms with E-state index in [0.717, 1.165) is 18.4 Å². The third-order valence-corrected chi connectivity index (χ3v) is 7.57. The fourth-order valence-electron chi connectivity index (χ4n) is 4.66. The number of thiophene rings is 1. The lowest BCUT2D eigenvalue weighted by Gasteiger charge is -2.36. The molecular formula is C27H28N2O5S. The first-order valence-electron chi connectivity index (χ1n) is 11.4. The summed E-state index contributed by atoms with van der Waals surface area (Å²) in [5, 5.41) is 2.86. The third kappa shape index (κ3) is 4.66. The Labute approximate surface area is 208 Å². The molecular weight excluding hydrogens is 464 g/mol. The third-order valence-electron chi connectivity index (χ3n) is 6.33. The van der Waals surface area contributed by atoms with Gasteiger partial charge in [0.25, 0.3) is 0 Å². The van der Waals surface area contributed by atoms with Crippen molar-refractivity contribution in [2.45, 2.75) is 32.7 Å². The van der Waals surface area contributed by atoms with Crippen LogP contribution in [0.1, 0.15) is 60.1 Å². The van der Waals surface area contributed by atoms with Gasteiger partial charge in [-0.1, -0.05) is 37.3 Å². The van der Waals surface area contributed by atoms with Gasteiger partial charge < -0.3 is 19.7 Å². The van der Waals surface area contributed by atoms with Crippen molar-refractivity contribution in [1.29, 1.82) is 0 Å². The molecule has 182 valence electrons. The summed E-state index contributed by atoms with van der Waals surface area (Å²) in [7, 11) is 2.54. The molecule has 2 aromatic carbocycles. The minimum absolute atomic E-state index is 0.155. The van der Waals surface area contributed by atoms with Gasteiger partial charge in [0, 0.05) is 16.3 Å². The number of benzene rings is 2. The second-order valence-electron chi connectivity index (χ2n) is 8.26. The van der Waals surface area contributed by atoms with E-state index in [1.165, 1.54) is 53.3 Å². The lowest BCUT2D eigenvalue weighted by molar-refractivity contribution is 0.0587. The van der Waals surface area contributed by atoms with Crippen LogP contribution in [0.2, 0.25) is 0 Å². The minimum Gasteiger partial charge on any atom is -0.465 e. The molecule has 1 unspecified atom stereocenters. The fourth-order valence-corrected chi connectivity index (χ4v) is 6.11. The molecule has 7 nitrogen and oxygen atoms in total. The summed E-state index contributed by atoms with van der Waals surface area (Å²) in [6.07, 6.45) is 1.71. The molecule has 0 fully saturated rings. The smallest absolute Gasteiger partial charge is 0.339 e. The number of urea groups is 1. The second-order valence-corrected chi connectivity index (χ2v) is 9.52. The van der Waals surface area contributed by atoms with E-state index >= 15 is 0 Å². The first-order valence-corrected chi connectivity index (χ1v) is 12.3. The number of carbonyl (C=O) groups is 3. The molecule has 35 heavy (non-hydrogen) atoms. The van der Waals surface area contributed by atoms with Crippen LogP contribution < -0.4 is 5.32 Å². The number of amides is 2. The molecule has 0 saturated heterocycles. The van der Waals surface area contributed by atoms with Crippen molar-refractivity contribution in [3.8, 4) is 0 Å². The van der Waals surface area contributed by atoms with Crippen molar-refractivity contribution in [3.63, 3.8) is 0 Å². The molecule has 0 radical (unpaired) electrons. The topological polar surface area (TPSA) is 84.9 Å². The Morgan fingerprint density at radius 2 is 1.77 bits per heavy atom. The highest BCUT2D eigenvalue weighted by atomic mass is 32.1. The number of anilines is 1. The number of nitrogens with one attached hydrogen (secondary N) is 1. The second kappa shape index (κ2) is 10.3. The molecule has 1 atom stereocenters. The maximum atomic E-state index is 13.7. The van der Waals surface area contributed by atoms with Crippen molar-refractivity contribution in [2.24, 2.45) is 0 Å². The van der Waals surface area contributed by atoms with E-state index in [1.54, 1.807) is 16.2 Å². The number of hydrogen-bond acceptors (Lipinski definition) is 6. The van der Waals surface area contributed by atoms with Gasteiger partial charge in [-0.05, 0) is 54.7 Å². The van der Waals surface area contributed by atoms with E-state index < -0.39 is 11.9 Å². The van der Waals surface area contributed by atoms with Crippen LogP contribution in [-0.2, 0) is 22.3 Å². The molecule has 1 N–H and O–H groups in total. The van der Waals surface area contributed by atoms with Gasteiger partial charge >= 0.3 is 18.0 Å². The van der Waals surface area contributed by atoms with Crippen LogP contribution in [0.5, 0.6) is 0 Å². The van der Waals surface area contributed by atoms with Gasteiger partial charge in [0.1, 0.15) is 0 Å². The molecule has 0 saturated carbocycles. The predicted molar refractivity (Wildman–Crippen MR) is 135 cm³/mol. The van der Waals surface area contributed by atoms with E-state index in [4.69, 9.17) is 9.47 Å². The Kier molecular flexibility index (Phi) is 7.21. The number of hydrogen-bond donors (Lipinski definition) is 1. The quantitative estimate of drug-likeness (QED) is 0.484. The monoisotopic (exact) mass is 492 g/mol. The van der Waals surface area contributed by atoms with Crippen LogP contribution in [0, 0.1) is 6.92 Å². The number of rotatable bonds is 5. The molecule has 3 aromatic rings. The Morgan fingerprint density at radius 1 is 1.06 bits per heavy atom. The normalized spacial score (nSPS) is 14.7. The van der Waals surface area contributed by atoms with Gasteiger partial charge in [0.05, 0.1) is 37.1 Å². The predicted octanol–water partition coefficient (Wildman–Crippen LogP) is 5.37. The van der Waals surface area contributed by atoms with E-state index in [2.05, 4.69) is 19.2 Å². The molecule has 2 amide bonds. The van der Waals surface area contributed by atoms with Crippen molar-refractivity contribution < 1.29 is 23.9 Å². The molecule has 1 aliphatic rings. The average molecular weight is 493 g/mol. The first-order chi connectivity index (χ1) is 16.9. The summed E-state index contributed by atoms with van der Waals surface area (Å²) >= 11 is 1.74. The lowest BCUT2D eigenvalue weighted by Crippen LogP contribution is -2.42. The molecule has 0 spiro atoms. The van der Waals surface area contributed by atoms with E-state index in [9.17, 15) is 14.4 Å². The standard InChI is InChI=1S/C27H28N2O5S/c1-5-19-16(2)35-24-20(19)13-14-29(23(24)17-9-7-6-8-10-17)27(32)28-22-15-18(25(30)33-3)11-12-21(22)26(31)34-4/h6-12,15,23H,5,13-14H2,1-4H3,(H,28,32). The molecule has 0 aliphatic carbocycles. The number of fused-ring (bicyclic) bond motifs is 1. The number of methoxy groups -OCH3 is 2. The van der Waals surface area contributed by atoms with Crippen LogP contribution in [0.4, 0.5) is 10.5 Å². The van der Waals surface area contributed by atoms with Gasteiger partial charge in [-0.3, -0.25) is 0 Å². The van der Waals surface area contributed by atoms with Gasteiger partial charge in [-0.25, -0.2) is 14.4 Å². The molecule has 0 bridgehead atoms. The van der Waals surface area contributed by atoms with E-state index in [1.807, 2.05) is 30.3 Å². The van der Waals surface area contributed by atoms with Crippen LogP contribution in [-0.4, -0.2) is 43.6 Å². The van der Waals surface area contributed by atoms with Crippen LogP contribution in [0.25, 0.3) is 0 Å². The average Bonchev–Trinajstić information content (AvgIpc) is 3.22. The number of aryl methyl sites for hydroxylation is 1. The highest BCUT2D eigenvalue weighted by molar-refractivity contribution is 7.12. The summed E-state index contributed by atoms with van der Waals surface area (Å²) in [5.41, 5.74) is 4.28. The largest absolute Gasteiger partial charge is 0.465 e. The molecule has 4 rings (SSSR count). The Bertz CT molecular complexity index is 1270. The highest BCUT2D eigenvalue weighted by Crippen LogP contribution is 2.43. The summed E-state index contributed by atoms with van der Waals surface area (Å²) in [6, 6.07) is 13.7. The lowest BCUT2D eigenvalue weighted by atomic mass is 9.92. The number of carbonyl (C=O) groups excluding carboxylic acids is 3. The zero-order valence-electron chi connectivity index (χ0n) is 20.2. The van der Waals surface area contributed by atoms with Crippen LogP contribution >= 0.6 is 11.3 Å². The van der Waals surface area contributed by atoms with Crippen molar-refractivity contribution in [2.75, 3.05) is 26.1 Å². The molecule has 1 aliphatic heterocycles. The SMILES string of the molecule is CCc1c(C)sc2c1CCN(C(=O)Nc1cc(C(=O)OC)ccc1C(=O)OC)C2c1ccccc1. The molecule has 8 heteroatoms. The van der Waals surface area contributed by atoms with Gasteiger partial charge in [-0.15, -0.1) is 11.3 Å². The zero-order valence-corrected chi connectivity index (χ0v) is 21.0. The van der Waals surface area contributed by atoms with Crippen molar-refractivity contribution >= 4 is 35.0 Å². The summed E-state index contributed by atoms with van der Waals surface area (Å²) in [4.78, 5) is 42.4. The van der Waals surface area contributed by atoms with Crippen LogP contribution in [0.3, 0.4) is 0 Å². The van der Waals surface area contributed by atoms with E-state index in [-0.39, 0.29) is 28.9 Å². The summed E-state index contributed by atoms with van der Waals surface area (Å²) in [6.45, 7) is 4.82. The van der Waals surface area contributed by atoms with Crippen molar-refractivity contribution in [1.82, 2.24) is 4.90 Å². The number of esters is 2. The summed E-state index contributed by atoms with van der Waals surface area (Å²) in [5.74, 6) is -1.18. The van der Waals surface area contributed by atoms with Gasteiger partial charge in [0.2, 0.25) is 0 Å². The minimum atomic E-state index is -0.612.